The Bertz CT molecular complexity index is 239. The van der Waals surface area contributed by atoms with Crippen LogP contribution in [-0.4, -0.2) is 48.5 Å². The number of likely N-dealkylation sites (tertiary alicyclic amines) is 1. The average Bonchev–Trinajstić information content (AvgIpc) is 2.83. The lowest BCUT2D eigenvalue weighted by Gasteiger charge is -2.34. The molecule has 2 heterocycles. The minimum Gasteiger partial charge on any atom is -0.342 e. The maximum Gasteiger partial charge on any atom is 0.232 e. The Morgan fingerprint density at radius 3 is 2.59 bits per heavy atom. The van der Waals surface area contributed by atoms with E-state index < -0.39 is 0 Å². The number of nitrogens with one attached hydrogen (secondary N) is 1. The summed E-state index contributed by atoms with van der Waals surface area (Å²) in [5.74, 6) is 1.78. The third kappa shape index (κ3) is 4.04. The number of nitrogens with zero attached hydrogens (tertiary/aromatic N) is 1. The molecular weight excluding hydrogens is 256 g/mol. The predicted molar refractivity (Wildman–Crippen MR) is 76.0 cm³/mol. The first-order chi connectivity index (χ1) is 7.81. The Balaban J connectivity index is 0.00000144. The van der Waals surface area contributed by atoms with E-state index in [2.05, 4.69) is 5.32 Å². The second-order valence-electron chi connectivity index (χ2n) is 4.85. The summed E-state index contributed by atoms with van der Waals surface area (Å²) in [6.07, 6.45) is 7.04. The van der Waals surface area contributed by atoms with E-state index in [1.165, 1.54) is 32.2 Å². The van der Waals surface area contributed by atoms with E-state index in [0.717, 1.165) is 25.0 Å². The molecular formula is C12H23ClN2OS. The lowest BCUT2D eigenvalue weighted by atomic mass is 9.88. The Kier molecular flexibility index (Phi) is 6.67. The van der Waals surface area contributed by atoms with Crippen molar-refractivity contribution in [3.05, 3.63) is 0 Å². The molecule has 17 heavy (non-hydrogen) atoms. The highest BCUT2D eigenvalue weighted by Gasteiger charge is 2.29. The van der Waals surface area contributed by atoms with E-state index in [4.69, 9.17) is 0 Å². The lowest BCUT2D eigenvalue weighted by Crippen LogP contribution is -2.43. The van der Waals surface area contributed by atoms with Crippen LogP contribution in [0, 0.1) is 5.92 Å². The van der Waals surface area contributed by atoms with Crippen molar-refractivity contribution in [1.29, 1.82) is 0 Å². The van der Waals surface area contributed by atoms with Crippen LogP contribution in [0.1, 0.15) is 25.7 Å². The number of rotatable bonds is 3. The predicted octanol–water partition coefficient (Wildman–Crippen LogP) is 1.76. The van der Waals surface area contributed by atoms with Crippen molar-refractivity contribution in [3.8, 4) is 0 Å². The van der Waals surface area contributed by atoms with E-state index in [9.17, 15) is 4.79 Å². The summed E-state index contributed by atoms with van der Waals surface area (Å²) >= 11 is 1.63. The Hall–Kier alpha value is 0.0700. The highest BCUT2D eigenvalue weighted by atomic mass is 35.5. The zero-order valence-electron chi connectivity index (χ0n) is 10.5. The van der Waals surface area contributed by atoms with Crippen molar-refractivity contribution in [2.45, 2.75) is 31.7 Å². The second kappa shape index (κ2) is 7.49. The monoisotopic (exact) mass is 278 g/mol. The van der Waals surface area contributed by atoms with Crippen LogP contribution in [-0.2, 0) is 4.79 Å². The van der Waals surface area contributed by atoms with Gasteiger partial charge in [-0.25, -0.2) is 0 Å². The van der Waals surface area contributed by atoms with E-state index in [1.54, 1.807) is 11.8 Å². The van der Waals surface area contributed by atoms with Crippen molar-refractivity contribution in [1.82, 2.24) is 10.2 Å². The number of hydrogen-bond donors (Lipinski definition) is 1. The number of piperidine rings is 1. The van der Waals surface area contributed by atoms with Gasteiger partial charge < -0.3 is 10.2 Å². The molecule has 2 fully saturated rings. The molecule has 3 nitrogen and oxygen atoms in total. The SMILES string of the molecule is CSCC(=O)N1CCC(C2CCCN2)CC1.Cl. The zero-order valence-corrected chi connectivity index (χ0v) is 12.1. The Morgan fingerprint density at radius 2 is 2.06 bits per heavy atom. The Morgan fingerprint density at radius 1 is 1.35 bits per heavy atom. The van der Waals surface area contributed by atoms with Crippen molar-refractivity contribution < 1.29 is 4.79 Å². The van der Waals surface area contributed by atoms with Crippen molar-refractivity contribution in [2.75, 3.05) is 31.6 Å². The van der Waals surface area contributed by atoms with E-state index in [-0.39, 0.29) is 12.4 Å². The van der Waals surface area contributed by atoms with E-state index >= 15 is 0 Å². The normalized spacial score (nSPS) is 25.7. The maximum absolute atomic E-state index is 11.7. The topological polar surface area (TPSA) is 32.3 Å². The summed E-state index contributed by atoms with van der Waals surface area (Å²) in [5.41, 5.74) is 0. The van der Waals surface area contributed by atoms with Crippen LogP contribution in [0.5, 0.6) is 0 Å². The number of hydrogen-bond acceptors (Lipinski definition) is 3. The lowest BCUT2D eigenvalue weighted by molar-refractivity contribution is -0.129. The fourth-order valence-electron chi connectivity index (χ4n) is 2.88. The molecule has 0 saturated carbocycles. The molecule has 0 aromatic rings. The number of thioether (sulfide) groups is 1. The molecule has 5 heteroatoms. The molecule has 100 valence electrons. The molecule has 1 N–H and O–H groups in total. The number of carbonyl (C=O) groups excluding carboxylic acids is 1. The summed E-state index contributed by atoms with van der Waals surface area (Å²) in [6, 6.07) is 0.734. The smallest absolute Gasteiger partial charge is 0.232 e. The van der Waals surface area contributed by atoms with Gasteiger partial charge in [0, 0.05) is 19.1 Å². The first kappa shape index (κ1) is 15.1. The van der Waals surface area contributed by atoms with Crippen LogP contribution in [0.3, 0.4) is 0 Å². The van der Waals surface area contributed by atoms with Gasteiger partial charge in [-0.1, -0.05) is 0 Å². The quantitative estimate of drug-likeness (QED) is 0.854. The van der Waals surface area contributed by atoms with E-state index in [1.807, 2.05) is 11.2 Å². The largest absolute Gasteiger partial charge is 0.342 e. The molecule has 1 amide bonds. The zero-order chi connectivity index (χ0) is 11.4. The van der Waals surface area contributed by atoms with Crippen LogP contribution in [0.4, 0.5) is 0 Å². The summed E-state index contributed by atoms with van der Waals surface area (Å²) in [5, 5.41) is 3.59. The molecule has 2 saturated heterocycles. The molecule has 2 aliphatic rings. The van der Waals surface area contributed by atoms with Gasteiger partial charge in [0.2, 0.25) is 5.91 Å². The molecule has 0 spiro atoms. The first-order valence-electron chi connectivity index (χ1n) is 6.31. The van der Waals surface area contributed by atoms with Crippen LogP contribution >= 0.6 is 24.2 Å². The number of amides is 1. The molecule has 0 bridgehead atoms. The minimum absolute atomic E-state index is 0. The summed E-state index contributed by atoms with van der Waals surface area (Å²) < 4.78 is 0. The molecule has 2 aliphatic heterocycles. The molecule has 1 unspecified atom stereocenters. The summed E-state index contributed by atoms with van der Waals surface area (Å²) in [4.78, 5) is 13.8. The fourth-order valence-corrected chi connectivity index (χ4v) is 3.31. The third-order valence-corrected chi connectivity index (χ3v) is 4.36. The second-order valence-corrected chi connectivity index (χ2v) is 5.72. The Labute approximate surface area is 114 Å². The van der Waals surface area contributed by atoms with Gasteiger partial charge in [0.25, 0.3) is 0 Å². The average molecular weight is 279 g/mol. The molecule has 0 aliphatic carbocycles. The summed E-state index contributed by atoms with van der Waals surface area (Å²) in [6.45, 7) is 3.14. The van der Waals surface area contributed by atoms with Gasteiger partial charge in [0.15, 0.2) is 0 Å². The molecule has 2 rings (SSSR count). The van der Waals surface area contributed by atoms with Gasteiger partial charge in [-0.3, -0.25) is 4.79 Å². The van der Waals surface area contributed by atoms with Crippen molar-refractivity contribution in [3.63, 3.8) is 0 Å². The number of carbonyl (C=O) groups is 1. The molecule has 0 radical (unpaired) electrons. The van der Waals surface area contributed by atoms with Crippen LogP contribution in [0.25, 0.3) is 0 Å². The van der Waals surface area contributed by atoms with Crippen molar-refractivity contribution in [2.24, 2.45) is 5.92 Å². The molecule has 0 aromatic carbocycles. The highest BCUT2D eigenvalue weighted by Crippen LogP contribution is 2.25. The standard InChI is InChI=1S/C12H22N2OS.ClH/c1-16-9-12(15)14-7-4-10(5-8-14)11-3-2-6-13-11;/h10-11,13H,2-9H2,1H3;1H. The van der Waals surface area contributed by atoms with Crippen LogP contribution < -0.4 is 5.32 Å². The highest BCUT2D eigenvalue weighted by molar-refractivity contribution is 7.99. The third-order valence-electron chi connectivity index (χ3n) is 3.83. The van der Waals surface area contributed by atoms with Gasteiger partial charge in [-0.05, 0) is 44.4 Å². The van der Waals surface area contributed by atoms with Gasteiger partial charge in [0.05, 0.1) is 5.75 Å². The maximum atomic E-state index is 11.7. The van der Waals surface area contributed by atoms with Gasteiger partial charge >= 0.3 is 0 Å². The fraction of sp³-hybridized carbons (Fsp3) is 0.917. The van der Waals surface area contributed by atoms with E-state index in [0.29, 0.717) is 11.7 Å². The number of halogens is 1. The van der Waals surface area contributed by atoms with Gasteiger partial charge in [0.1, 0.15) is 0 Å². The van der Waals surface area contributed by atoms with Crippen molar-refractivity contribution >= 4 is 30.1 Å². The van der Waals surface area contributed by atoms with Crippen LogP contribution in [0.15, 0.2) is 0 Å². The summed E-state index contributed by atoms with van der Waals surface area (Å²) in [7, 11) is 0. The van der Waals surface area contributed by atoms with Gasteiger partial charge in [-0.15, -0.1) is 12.4 Å². The molecule has 0 aromatic heterocycles. The first-order valence-corrected chi connectivity index (χ1v) is 7.70. The van der Waals surface area contributed by atoms with Gasteiger partial charge in [-0.2, -0.15) is 11.8 Å². The molecule has 1 atom stereocenters. The minimum atomic E-state index is 0. The van der Waals surface area contributed by atoms with Crippen LogP contribution in [0.2, 0.25) is 0 Å².